The van der Waals surface area contributed by atoms with Crippen LogP contribution in [-0.4, -0.2) is 170 Å². The van der Waals surface area contributed by atoms with Crippen molar-refractivity contribution >= 4 is 104 Å². The van der Waals surface area contributed by atoms with E-state index in [9.17, 15) is 61.6 Å². The lowest BCUT2D eigenvalue weighted by Gasteiger charge is -2.34. The van der Waals surface area contributed by atoms with Gasteiger partial charge in [0.05, 0.1) is 76.1 Å². The first-order valence-electron chi connectivity index (χ1n) is 48.9. The van der Waals surface area contributed by atoms with Crippen molar-refractivity contribution in [2.45, 2.75) is 205 Å². The molecule has 2 aromatic carbocycles. The number of halogens is 2. The maximum absolute atomic E-state index is 14.5. The minimum atomic E-state index is -4.30. The van der Waals surface area contributed by atoms with Gasteiger partial charge in [0.1, 0.15) is 63.9 Å². The predicted molar refractivity (Wildman–Crippen MR) is 566 cm³/mol. The molecule has 0 spiro atoms. The Morgan fingerprint density at radius 3 is 1.12 bits per heavy atom. The largest absolute Gasteiger partial charge is 0.493 e. The van der Waals surface area contributed by atoms with Crippen LogP contribution in [0.25, 0.3) is 45.0 Å². The number of piperidine rings is 1. The highest BCUT2D eigenvalue weighted by molar-refractivity contribution is 7.91. The second-order valence-electron chi connectivity index (χ2n) is 40.1. The Morgan fingerprint density at radius 2 is 0.772 bits per heavy atom. The zero-order chi connectivity index (χ0) is 108. The van der Waals surface area contributed by atoms with Gasteiger partial charge in [0.25, 0.3) is 63.7 Å². The Hall–Kier alpha value is -14.7. The second kappa shape index (κ2) is 47.2. The third-order valence-electron chi connectivity index (χ3n) is 24.9. The minimum Gasteiger partial charge on any atom is -0.493 e. The fraction of sp³-hybridized carbons (Fsp3) is 0.377. The molecule has 1 aliphatic carbocycles. The maximum atomic E-state index is 14.5. The van der Waals surface area contributed by atoms with E-state index in [0.29, 0.717) is 143 Å². The molecule has 149 heavy (non-hydrogen) atoms. The number of nitrogens with one attached hydrogen (secondary N) is 4. The first-order valence-corrected chi connectivity index (χ1v) is 54.9. The number of carbonyl (C=O) groups is 4. The Kier molecular flexibility index (Phi) is 35.3. The third-order valence-corrected chi connectivity index (χ3v) is 29.8. The van der Waals surface area contributed by atoms with E-state index in [1.165, 1.54) is 109 Å². The van der Waals surface area contributed by atoms with Crippen LogP contribution in [0.5, 0.6) is 23.3 Å². The van der Waals surface area contributed by atoms with Gasteiger partial charge in [-0.15, -0.1) is 0 Å². The summed E-state index contributed by atoms with van der Waals surface area (Å²) in [5.41, 5.74) is 27.5. The van der Waals surface area contributed by atoms with Crippen molar-refractivity contribution in [1.29, 1.82) is 0 Å². The molecule has 2 unspecified atom stereocenters. The van der Waals surface area contributed by atoms with Crippen molar-refractivity contribution in [2.24, 2.45) is 35.5 Å². The molecule has 12 aromatic rings. The summed E-state index contributed by atoms with van der Waals surface area (Å²) in [5.74, 6) is 0.568. The summed E-state index contributed by atoms with van der Waals surface area (Å²) in [6.07, 6.45) is 9.98. The number of nitrogen functional groups attached to an aromatic ring is 4. The van der Waals surface area contributed by atoms with Crippen LogP contribution < -0.4 is 75.5 Å². The molecule has 16 rings (SSSR count). The number of sulfonamides is 4. The van der Waals surface area contributed by atoms with Gasteiger partial charge in [-0.2, -0.15) is 33.7 Å². The number of benzene rings is 2. The number of nitrogens with zero attached hydrogens (tertiary/aromatic N) is 13. The number of amides is 4. The Balaban J connectivity index is 0.000000166. The summed E-state index contributed by atoms with van der Waals surface area (Å²) in [6, 6.07) is 45.4. The number of nitrogens with two attached hydrogens (primary N) is 4. The molecule has 4 aliphatic rings. The highest BCUT2D eigenvalue weighted by Crippen LogP contribution is 2.46. The van der Waals surface area contributed by atoms with Gasteiger partial charge in [-0.1, -0.05) is 79.7 Å². The average molecular weight is 2120 g/mol. The summed E-state index contributed by atoms with van der Waals surface area (Å²) in [6.45, 7) is 35.9. The van der Waals surface area contributed by atoms with E-state index in [1.54, 1.807) is 73.1 Å². The van der Waals surface area contributed by atoms with Gasteiger partial charge in [0, 0.05) is 102 Å². The van der Waals surface area contributed by atoms with E-state index >= 15 is 0 Å². The van der Waals surface area contributed by atoms with E-state index in [-0.39, 0.29) is 107 Å². The SMILES string of the molecule is CC(C)COc1cc(F)cc(-c2ccc(C(=O)NS(=O)(=O)c3cccc(N)n3)c(N3CCCC3(C)C)n2)c1.CC(C)COc1cc(F)cc(-c2ccc(C(=O)NS(=O)(=O)c3cccc(N)n3)c(N3C[C@@H](C)CC3(C)C)n2)c1.CC(C)Oc1ccc(-c2ccc(C(=O)NS(=O)(=O)c3cccc(N)n3)c(C3[C@H](C)CC[C@@H]3C)n2)cn1.CC1CCCN(c2nc(-c3ccc(OC(C)C)nc3)ccc2C(=O)NS(=O)(=O)c2cccc(N)n2)C1. The van der Waals surface area contributed by atoms with Crippen molar-refractivity contribution in [3.63, 3.8) is 0 Å². The number of ether oxygens (including phenoxy) is 4. The molecule has 4 amide bonds. The van der Waals surface area contributed by atoms with Gasteiger partial charge in [-0.05, 0) is 269 Å². The van der Waals surface area contributed by atoms with Crippen LogP contribution in [0.2, 0.25) is 0 Å². The van der Waals surface area contributed by atoms with Crippen LogP contribution in [0.15, 0.2) is 214 Å². The molecule has 0 bridgehead atoms. The molecule has 5 atom stereocenters. The molecule has 0 radical (unpaired) electrons. The monoisotopic (exact) mass is 2120 g/mol. The standard InChI is InChI=1S/C28H34FN5O4S.C27H32FN5O4S.C26H31N5O4S.C25H30N6O4S/c1-17(2)16-38-21-12-19(11-20(29)13-21)23-10-9-22(26(31-23)34-15-18(3)14-28(34,4)5)27(35)33-39(36,37)25-8-6-7-24(30)32-25;1-17(2)16-37-20-14-18(13-19(28)15-20)22-10-9-21(25(30-22)33-12-6-11-27(33,3)4)26(34)32-38(35,36)24-8-5-7-23(29)31-24;1-15(2)35-22-13-10-18(14-28-22)20-12-11-19(25(29-20)24-16(3)8-9-17(24)4)26(32)31-36(33,34)23-7-5-6-21(27)30-23;1-16(2)35-22-12-9-18(14-27-22)20-11-10-19(24(28-20)31-13-5-6-17(3)15-31)25(32)30-36(33,34)23-8-4-7-21(26)29-23/h6-13,17-18H,14-16H2,1-5H3,(H2,30,32)(H,33,35);5,7-10,13-15,17H,6,11-12,16H2,1-4H3,(H2,29,31)(H,32,34);5-7,10-17,24H,8-9H2,1-4H3,(H2,27,30)(H,31,32);4,7-12,14,16-17H,5-6,13,15H2,1-3H3,(H2,26,29)(H,30,32)/t18-;;16-,17+,24?;/m0.../s1. The molecule has 13 heterocycles. The highest BCUT2D eigenvalue weighted by atomic mass is 32.2. The van der Waals surface area contributed by atoms with Gasteiger partial charge < -0.3 is 56.6 Å². The maximum Gasteiger partial charge on any atom is 0.281 e. The Labute approximate surface area is 868 Å². The first-order chi connectivity index (χ1) is 70.3. The van der Waals surface area contributed by atoms with Crippen LogP contribution in [0.3, 0.4) is 0 Å². The van der Waals surface area contributed by atoms with Crippen LogP contribution in [0.1, 0.15) is 209 Å². The Bertz CT molecular complexity index is 7380. The molecule has 790 valence electrons. The quantitative estimate of drug-likeness (QED) is 0.0207. The molecule has 43 heteroatoms. The molecule has 4 fully saturated rings. The Morgan fingerprint density at radius 1 is 0.403 bits per heavy atom. The van der Waals surface area contributed by atoms with Crippen LogP contribution >= 0.6 is 0 Å². The van der Waals surface area contributed by atoms with E-state index in [4.69, 9.17) is 61.8 Å². The number of hydrogen-bond donors (Lipinski definition) is 8. The lowest BCUT2D eigenvalue weighted by molar-refractivity contribution is 0.0970. The minimum absolute atomic E-state index is 0.00534. The lowest BCUT2D eigenvalue weighted by atomic mass is 9.85. The van der Waals surface area contributed by atoms with Crippen LogP contribution in [-0.2, 0) is 40.1 Å². The van der Waals surface area contributed by atoms with Crippen molar-refractivity contribution < 1.29 is 80.6 Å². The summed E-state index contributed by atoms with van der Waals surface area (Å²) in [7, 11) is -17.0. The zero-order valence-corrected chi connectivity index (χ0v) is 89.2. The number of carbonyl (C=O) groups excluding carboxylic acids is 4. The summed E-state index contributed by atoms with van der Waals surface area (Å²) < 4.78 is 163. The highest BCUT2D eigenvalue weighted by Gasteiger charge is 2.42. The molecule has 37 nitrogen and oxygen atoms in total. The molecule has 12 N–H and O–H groups in total. The second-order valence-corrected chi connectivity index (χ2v) is 46.6. The molecule has 3 aliphatic heterocycles. The van der Waals surface area contributed by atoms with Gasteiger partial charge in [-0.25, -0.2) is 72.5 Å². The third kappa shape index (κ3) is 28.8. The summed E-state index contributed by atoms with van der Waals surface area (Å²) in [4.78, 5) is 102. The molecule has 10 aromatic heterocycles. The number of rotatable bonds is 30. The average Bonchev–Trinajstić information content (AvgIpc) is 1.70. The van der Waals surface area contributed by atoms with E-state index in [2.05, 4.69) is 76.5 Å². The summed E-state index contributed by atoms with van der Waals surface area (Å²) in [5, 5.41) is -1.39. The smallest absolute Gasteiger partial charge is 0.281 e. The van der Waals surface area contributed by atoms with E-state index in [1.807, 2.05) is 110 Å². The van der Waals surface area contributed by atoms with Crippen molar-refractivity contribution in [3.8, 4) is 68.3 Å². The van der Waals surface area contributed by atoms with Crippen molar-refractivity contribution in [1.82, 2.24) is 68.7 Å². The number of aromatic nitrogens is 10. The normalized spacial score (nSPS) is 17.0. The number of pyridine rings is 10. The number of hydrogen-bond acceptors (Lipinski definition) is 33. The van der Waals surface area contributed by atoms with Crippen molar-refractivity contribution in [3.05, 3.63) is 234 Å². The summed E-state index contributed by atoms with van der Waals surface area (Å²) >= 11 is 0. The topological polar surface area (TPSA) is 533 Å². The van der Waals surface area contributed by atoms with Gasteiger partial charge >= 0.3 is 0 Å². The molecule has 3 saturated heterocycles. The molecular formula is C106H127F2N21O16S4. The van der Waals surface area contributed by atoms with Crippen molar-refractivity contribution in [2.75, 3.05) is 77.0 Å². The fourth-order valence-electron chi connectivity index (χ4n) is 18.0. The lowest BCUT2D eigenvalue weighted by Crippen LogP contribution is -2.41. The molecular weight excluding hydrogens is 1990 g/mol. The fourth-order valence-corrected chi connectivity index (χ4v) is 21.7. The van der Waals surface area contributed by atoms with E-state index in [0.717, 1.165) is 56.1 Å². The van der Waals surface area contributed by atoms with Crippen LogP contribution in [0.4, 0.5) is 49.5 Å². The first kappa shape index (κ1) is 111. The van der Waals surface area contributed by atoms with Gasteiger partial charge in [-0.3, -0.25) is 24.2 Å². The predicted octanol–water partition coefficient (Wildman–Crippen LogP) is 16.5. The molecule has 1 saturated carbocycles. The van der Waals surface area contributed by atoms with Gasteiger partial charge in [0.2, 0.25) is 11.8 Å². The van der Waals surface area contributed by atoms with Gasteiger partial charge in [0.15, 0.2) is 20.1 Å². The zero-order valence-electron chi connectivity index (χ0n) is 85.9. The van der Waals surface area contributed by atoms with E-state index < -0.39 is 75.4 Å². The van der Waals surface area contributed by atoms with Crippen LogP contribution in [0, 0.1) is 47.1 Å². The number of anilines is 7.